The number of nitrogens with zero attached hydrogens (tertiary/aromatic N) is 1. The molecule has 1 saturated carbocycles. The molecular formula is C20H26N2O2. The van der Waals surface area contributed by atoms with Gasteiger partial charge in [-0.25, -0.2) is 0 Å². The van der Waals surface area contributed by atoms with Gasteiger partial charge in [0.2, 0.25) is 0 Å². The quantitative estimate of drug-likeness (QED) is 0.764. The molecule has 128 valence electrons. The van der Waals surface area contributed by atoms with Gasteiger partial charge in [-0.15, -0.1) is 0 Å². The van der Waals surface area contributed by atoms with Crippen LogP contribution < -0.4 is 5.32 Å². The van der Waals surface area contributed by atoms with Crippen molar-refractivity contribution < 1.29 is 9.90 Å². The molecule has 0 aliphatic heterocycles. The van der Waals surface area contributed by atoms with Crippen molar-refractivity contribution in [3.05, 3.63) is 41.6 Å². The summed E-state index contributed by atoms with van der Waals surface area (Å²) >= 11 is 0. The predicted octanol–water partition coefficient (Wildman–Crippen LogP) is 3.64. The van der Waals surface area contributed by atoms with E-state index in [0.717, 1.165) is 35.0 Å². The number of fused-ring (bicyclic) bond motifs is 1. The van der Waals surface area contributed by atoms with E-state index in [2.05, 4.69) is 5.32 Å². The normalized spacial score (nSPS) is 14.8. The maximum absolute atomic E-state index is 12.7. The molecule has 1 aromatic heterocycles. The Labute approximate surface area is 143 Å². The van der Waals surface area contributed by atoms with Gasteiger partial charge in [0.15, 0.2) is 0 Å². The molecule has 3 rings (SSSR count). The van der Waals surface area contributed by atoms with Gasteiger partial charge in [0, 0.05) is 30.1 Å². The molecule has 0 atom stereocenters. The summed E-state index contributed by atoms with van der Waals surface area (Å²) < 4.78 is 0. The zero-order chi connectivity index (χ0) is 17.2. The van der Waals surface area contributed by atoms with Crippen LogP contribution in [0, 0.1) is 5.41 Å². The summed E-state index contributed by atoms with van der Waals surface area (Å²) in [6.07, 6.45) is 4.08. The first-order valence-electron chi connectivity index (χ1n) is 8.79. The molecule has 1 aliphatic carbocycles. The van der Waals surface area contributed by atoms with Crippen molar-refractivity contribution in [2.45, 2.75) is 45.4 Å². The molecule has 0 radical (unpaired) electrons. The van der Waals surface area contributed by atoms with Crippen LogP contribution in [0.15, 0.2) is 30.3 Å². The average Bonchev–Trinajstić information content (AvgIpc) is 3.42. The van der Waals surface area contributed by atoms with Gasteiger partial charge in [0.25, 0.3) is 5.91 Å². The Balaban J connectivity index is 1.72. The Morgan fingerprint density at radius 2 is 2.08 bits per heavy atom. The second-order valence-corrected chi connectivity index (χ2v) is 7.57. The Kier molecular flexibility index (Phi) is 4.86. The molecule has 4 heteroatoms. The number of rotatable bonds is 7. The van der Waals surface area contributed by atoms with Crippen LogP contribution in [0.1, 0.15) is 61.5 Å². The van der Waals surface area contributed by atoms with E-state index in [0.29, 0.717) is 12.5 Å². The van der Waals surface area contributed by atoms with Gasteiger partial charge in [0.05, 0.1) is 11.1 Å². The van der Waals surface area contributed by atoms with E-state index < -0.39 is 0 Å². The minimum absolute atomic E-state index is 0.0303. The Morgan fingerprint density at radius 3 is 2.79 bits per heavy atom. The highest BCUT2D eigenvalue weighted by atomic mass is 16.3. The molecule has 24 heavy (non-hydrogen) atoms. The van der Waals surface area contributed by atoms with Gasteiger partial charge in [-0.05, 0) is 43.2 Å². The second-order valence-electron chi connectivity index (χ2n) is 7.57. The SMILES string of the molecule is CC(C)(CO)CCCNC(=O)c1cc(C2CC2)nc2ccccc12. The molecule has 2 aromatic rings. The Morgan fingerprint density at radius 1 is 1.33 bits per heavy atom. The van der Waals surface area contributed by atoms with Crippen molar-refractivity contribution in [2.75, 3.05) is 13.2 Å². The number of pyridine rings is 1. The number of hydrogen-bond acceptors (Lipinski definition) is 3. The molecular weight excluding hydrogens is 300 g/mol. The summed E-state index contributed by atoms with van der Waals surface area (Å²) in [5.74, 6) is 0.490. The zero-order valence-corrected chi connectivity index (χ0v) is 14.5. The highest BCUT2D eigenvalue weighted by Gasteiger charge is 2.26. The lowest BCUT2D eigenvalue weighted by Gasteiger charge is -2.21. The lowest BCUT2D eigenvalue weighted by Crippen LogP contribution is -2.26. The van der Waals surface area contributed by atoms with Crippen LogP contribution in [0.4, 0.5) is 0 Å². The van der Waals surface area contributed by atoms with Crippen LogP contribution in [0.25, 0.3) is 10.9 Å². The smallest absolute Gasteiger partial charge is 0.252 e. The van der Waals surface area contributed by atoms with Crippen molar-refractivity contribution in [1.29, 1.82) is 0 Å². The summed E-state index contributed by atoms with van der Waals surface area (Å²) in [5.41, 5.74) is 2.57. The first kappa shape index (κ1) is 16.9. The molecule has 1 aromatic carbocycles. The van der Waals surface area contributed by atoms with Gasteiger partial charge in [-0.3, -0.25) is 9.78 Å². The van der Waals surface area contributed by atoms with E-state index in [1.54, 1.807) is 0 Å². The summed E-state index contributed by atoms with van der Waals surface area (Å²) in [6, 6.07) is 9.81. The monoisotopic (exact) mass is 326 g/mol. The maximum Gasteiger partial charge on any atom is 0.252 e. The summed E-state index contributed by atoms with van der Waals surface area (Å²) in [4.78, 5) is 17.4. The number of carbonyl (C=O) groups is 1. The minimum Gasteiger partial charge on any atom is -0.396 e. The van der Waals surface area contributed by atoms with Crippen LogP contribution in [-0.2, 0) is 0 Å². The third-order valence-electron chi connectivity index (χ3n) is 4.72. The van der Waals surface area contributed by atoms with E-state index in [9.17, 15) is 9.90 Å². The molecule has 0 spiro atoms. The van der Waals surface area contributed by atoms with E-state index >= 15 is 0 Å². The fourth-order valence-electron chi connectivity index (χ4n) is 2.92. The number of hydrogen-bond donors (Lipinski definition) is 2. The molecule has 1 heterocycles. The number of para-hydroxylation sites is 1. The standard InChI is InChI=1S/C20H26N2O2/c1-20(2,13-23)10-5-11-21-19(24)16-12-18(14-8-9-14)22-17-7-4-3-6-15(16)17/h3-4,6-7,12,14,23H,5,8-11,13H2,1-2H3,(H,21,24). The van der Waals surface area contributed by atoms with Crippen LogP contribution in [0.5, 0.6) is 0 Å². The van der Waals surface area contributed by atoms with Crippen LogP contribution in [-0.4, -0.2) is 29.1 Å². The molecule has 0 saturated heterocycles. The lowest BCUT2D eigenvalue weighted by atomic mass is 9.89. The second kappa shape index (κ2) is 6.89. The molecule has 1 fully saturated rings. The van der Waals surface area contributed by atoms with E-state index in [4.69, 9.17) is 4.98 Å². The average molecular weight is 326 g/mol. The number of amides is 1. The van der Waals surface area contributed by atoms with Crippen molar-refractivity contribution in [3.63, 3.8) is 0 Å². The summed E-state index contributed by atoms with van der Waals surface area (Å²) in [5, 5.41) is 13.2. The highest BCUT2D eigenvalue weighted by Crippen LogP contribution is 2.40. The van der Waals surface area contributed by atoms with Crippen LogP contribution in [0.3, 0.4) is 0 Å². The first-order valence-corrected chi connectivity index (χ1v) is 8.79. The third kappa shape index (κ3) is 3.93. The Bertz CT molecular complexity index is 735. The van der Waals surface area contributed by atoms with Crippen LogP contribution in [0.2, 0.25) is 0 Å². The van der Waals surface area contributed by atoms with E-state index in [1.165, 1.54) is 12.8 Å². The largest absolute Gasteiger partial charge is 0.396 e. The number of benzene rings is 1. The van der Waals surface area contributed by atoms with Gasteiger partial charge in [-0.2, -0.15) is 0 Å². The fourth-order valence-corrected chi connectivity index (χ4v) is 2.92. The van der Waals surface area contributed by atoms with Gasteiger partial charge < -0.3 is 10.4 Å². The van der Waals surface area contributed by atoms with Gasteiger partial charge in [0.1, 0.15) is 0 Å². The van der Waals surface area contributed by atoms with E-state index in [1.807, 2.05) is 44.2 Å². The number of aromatic nitrogens is 1. The molecule has 0 bridgehead atoms. The topological polar surface area (TPSA) is 62.2 Å². The lowest BCUT2D eigenvalue weighted by molar-refractivity contribution is 0.0950. The van der Waals surface area contributed by atoms with Crippen molar-refractivity contribution in [3.8, 4) is 0 Å². The number of aliphatic hydroxyl groups excluding tert-OH is 1. The molecule has 4 nitrogen and oxygen atoms in total. The number of aliphatic hydroxyl groups is 1. The first-order chi connectivity index (χ1) is 11.5. The van der Waals surface area contributed by atoms with Crippen LogP contribution >= 0.6 is 0 Å². The number of nitrogens with one attached hydrogen (secondary N) is 1. The Hall–Kier alpha value is -1.94. The zero-order valence-electron chi connectivity index (χ0n) is 14.5. The third-order valence-corrected chi connectivity index (χ3v) is 4.72. The fraction of sp³-hybridized carbons (Fsp3) is 0.500. The van der Waals surface area contributed by atoms with E-state index in [-0.39, 0.29) is 17.9 Å². The van der Waals surface area contributed by atoms with Crippen molar-refractivity contribution >= 4 is 16.8 Å². The summed E-state index contributed by atoms with van der Waals surface area (Å²) in [7, 11) is 0. The minimum atomic E-state index is -0.0900. The number of carbonyl (C=O) groups excluding carboxylic acids is 1. The summed E-state index contributed by atoms with van der Waals surface area (Å²) in [6.45, 7) is 4.86. The van der Waals surface area contributed by atoms with Gasteiger partial charge in [-0.1, -0.05) is 32.0 Å². The highest BCUT2D eigenvalue weighted by molar-refractivity contribution is 6.06. The molecule has 1 amide bonds. The molecule has 0 unspecified atom stereocenters. The van der Waals surface area contributed by atoms with Gasteiger partial charge >= 0.3 is 0 Å². The predicted molar refractivity (Wildman–Crippen MR) is 96.2 cm³/mol. The van der Waals surface area contributed by atoms with Crippen molar-refractivity contribution in [1.82, 2.24) is 10.3 Å². The molecule has 2 N–H and O–H groups in total. The molecule has 1 aliphatic rings. The maximum atomic E-state index is 12.7. The van der Waals surface area contributed by atoms with Crippen molar-refractivity contribution in [2.24, 2.45) is 5.41 Å².